The number of H-pyrrole nitrogens is 1. The first-order valence-electron chi connectivity index (χ1n) is 7.77. The third-order valence-corrected chi connectivity index (χ3v) is 4.40. The van der Waals surface area contributed by atoms with Gasteiger partial charge in [-0.25, -0.2) is 4.79 Å². The van der Waals surface area contributed by atoms with Crippen molar-refractivity contribution in [3.63, 3.8) is 0 Å². The molecule has 0 bridgehead atoms. The smallest absolute Gasteiger partial charge is 0.346 e. The van der Waals surface area contributed by atoms with Gasteiger partial charge in [-0.05, 0) is 40.5 Å². The molecule has 0 fully saturated rings. The lowest BCUT2D eigenvalue weighted by atomic mass is 9.96. The number of ether oxygens (including phenoxy) is 3. The van der Waals surface area contributed by atoms with Crippen molar-refractivity contribution in [1.82, 2.24) is 4.98 Å². The molecule has 10 heteroatoms. The molecule has 1 unspecified atom stereocenters. The maximum Gasteiger partial charge on any atom is 0.346 e. The summed E-state index contributed by atoms with van der Waals surface area (Å²) >= 11 is 3.33. The Balaban J connectivity index is 2.73. The molecule has 1 heterocycles. The minimum absolute atomic E-state index is 0.0540. The van der Waals surface area contributed by atoms with E-state index in [-0.39, 0.29) is 34.0 Å². The molecule has 0 aliphatic heterocycles. The first-order chi connectivity index (χ1) is 13.3. The van der Waals surface area contributed by atoms with Gasteiger partial charge in [0.1, 0.15) is 29.1 Å². The molecule has 2 rings (SSSR count). The topological polar surface area (TPSA) is 151 Å². The Morgan fingerprint density at radius 1 is 1.25 bits per heavy atom. The lowest BCUT2D eigenvalue weighted by molar-refractivity contribution is -0.147. The van der Waals surface area contributed by atoms with Crippen LogP contribution in [-0.4, -0.2) is 31.3 Å². The first kappa shape index (κ1) is 20.8. The Kier molecular flexibility index (Phi) is 6.29. The van der Waals surface area contributed by atoms with E-state index in [2.05, 4.69) is 25.7 Å². The molecular formula is C18H15BrN4O5. The largest absolute Gasteiger partial charge is 0.493 e. The number of methoxy groups -OCH3 is 2. The standard InChI is InChI=1S/C18H15BrN4O5/c1-8(18(25)27-3)28-15-12(19)4-9(5-13(15)26-2)14-10(6-20)16(22)23-17(24)11(14)7-21/h4-5,8H,1-3H3,(H3,22,23,24). The van der Waals surface area contributed by atoms with Gasteiger partial charge in [-0.2, -0.15) is 10.5 Å². The van der Waals surface area contributed by atoms with Gasteiger partial charge in [0.15, 0.2) is 17.6 Å². The summed E-state index contributed by atoms with van der Waals surface area (Å²) in [5, 5.41) is 18.8. The van der Waals surface area contributed by atoms with Gasteiger partial charge in [-0.15, -0.1) is 0 Å². The van der Waals surface area contributed by atoms with Gasteiger partial charge < -0.3 is 24.9 Å². The Bertz CT molecular complexity index is 1080. The van der Waals surface area contributed by atoms with E-state index >= 15 is 0 Å². The zero-order chi connectivity index (χ0) is 21.0. The highest BCUT2D eigenvalue weighted by molar-refractivity contribution is 9.10. The maximum absolute atomic E-state index is 12.1. The molecule has 0 amide bonds. The highest BCUT2D eigenvalue weighted by Crippen LogP contribution is 2.41. The molecule has 0 saturated heterocycles. The molecule has 1 aromatic heterocycles. The lowest BCUT2D eigenvalue weighted by Crippen LogP contribution is -2.25. The molecule has 1 aromatic carbocycles. The lowest BCUT2D eigenvalue weighted by Gasteiger charge is -2.18. The van der Waals surface area contributed by atoms with E-state index in [9.17, 15) is 20.1 Å². The molecule has 9 nitrogen and oxygen atoms in total. The number of aromatic nitrogens is 1. The number of halogens is 1. The van der Waals surface area contributed by atoms with Gasteiger partial charge >= 0.3 is 5.97 Å². The van der Waals surface area contributed by atoms with E-state index in [1.807, 2.05) is 6.07 Å². The molecule has 2 aromatic rings. The zero-order valence-electron chi connectivity index (χ0n) is 15.1. The van der Waals surface area contributed by atoms with Crippen LogP contribution in [0.5, 0.6) is 11.5 Å². The zero-order valence-corrected chi connectivity index (χ0v) is 16.7. The number of aromatic amines is 1. The van der Waals surface area contributed by atoms with E-state index in [0.29, 0.717) is 10.0 Å². The van der Waals surface area contributed by atoms with E-state index in [1.165, 1.54) is 33.3 Å². The molecule has 1 atom stereocenters. The average molecular weight is 447 g/mol. The monoisotopic (exact) mass is 446 g/mol. The Labute approximate surface area is 168 Å². The minimum Gasteiger partial charge on any atom is -0.493 e. The van der Waals surface area contributed by atoms with Crippen LogP contribution < -0.4 is 20.8 Å². The van der Waals surface area contributed by atoms with Crippen molar-refractivity contribution in [2.24, 2.45) is 0 Å². The number of anilines is 1. The van der Waals surface area contributed by atoms with Crippen molar-refractivity contribution in [1.29, 1.82) is 10.5 Å². The van der Waals surface area contributed by atoms with Gasteiger partial charge in [0.05, 0.1) is 18.7 Å². The predicted molar refractivity (Wildman–Crippen MR) is 103 cm³/mol. The van der Waals surface area contributed by atoms with Crippen LogP contribution in [0.3, 0.4) is 0 Å². The molecule has 3 N–H and O–H groups in total. The number of carbonyl (C=O) groups is 1. The molecule has 28 heavy (non-hydrogen) atoms. The number of carbonyl (C=O) groups excluding carboxylic acids is 1. The maximum atomic E-state index is 12.1. The van der Waals surface area contributed by atoms with E-state index in [1.54, 1.807) is 6.07 Å². The summed E-state index contributed by atoms with van der Waals surface area (Å²) in [7, 11) is 2.62. The fourth-order valence-electron chi connectivity index (χ4n) is 2.50. The van der Waals surface area contributed by atoms with Crippen molar-refractivity contribution in [3.05, 3.63) is 38.1 Å². The summed E-state index contributed by atoms with van der Waals surface area (Å²) in [5.41, 5.74) is 5.09. The number of hydrogen-bond donors (Lipinski definition) is 2. The van der Waals surface area contributed by atoms with Crippen LogP contribution in [0.25, 0.3) is 11.1 Å². The Morgan fingerprint density at radius 3 is 2.43 bits per heavy atom. The number of hydrogen-bond acceptors (Lipinski definition) is 8. The van der Waals surface area contributed by atoms with Gasteiger partial charge in [0.25, 0.3) is 5.56 Å². The first-order valence-corrected chi connectivity index (χ1v) is 8.56. The number of benzene rings is 1. The normalized spacial score (nSPS) is 11.1. The second-order valence-electron chi connectivity index (χ2n) is 5.49. The van der Waals surface area contributed by atoms with Crippen molar-refractivity contribution < 1.29 is 19.0 Å². The van der Waals surface area contributed by atoms with E-state index in [0.717, 1.165) is 0 Å². The van der Waals surface area contributed by atoms with Crippen LogP contribution in [0.4, 0.5) is 5.82 Å². The van der Waals surface area contributed by atoms with Crippen molar-refractivity contribution in [2.75, 3.05) is 20.0 Å². The average Bonchev–Trinajstić information content (AvgIpc) is 2.67. The van der Waals surface area contributed by atoms with Crippen molar-refractivity contribution in [3.8, 4) is 34.8 Å². The highest BCUT2D eigenvalue weighted by atomic mass is 79.9. The van der Waals surface area contributed by atoms with Gasteiger partial charge in [0, 0.05) is 5.56 Å². The van der Waals surface area contributed by atoms with Crippen molar-refractivity contribution >= 4 is 27.7 Å². The van der Waals surface area contributed by atoms with Crippen LogP contribution in [0.1, 0.15) is 18.1 Å². The Hall–Kier alpha value is -3.50. The quantitative estimate of drug-likeness (QED) is 0.661. The summed E-state index contributed by atoms with van der Waals surface area (Å²) in [6.45, 7) is 1.50. The molecule has 0 aliphatic carbocycles. The third kappa shape index (κ3) is 3.77. The number of nitrogen functional groups attached to an aromatic ring is 1. The second-order valence-corrected chi connectivity index (χ2v) is 6.34. The molecule has 0 spiro atoms. The van der Waals surface area contributed by atoms with E-state index < -0.39 is 17.6 Å². The van der Waals surface area contributed by atoms with Crippen LogP contribution in [0, 0.1) is 22.7 Å². The number of pyridine rings is 1. The summed E-state index contributed by atoms with van der Waals surface area (Å²) < 4.78 is 15.9. The molecule has 0 aliphatic rings. The number of rotatable bonds is 5. The molecule has 144 valence electrons. The van der Waals surface area contributed by atoms with Crippen LogP contribution in [0.2, 0.25) is 0 Å². The third-order valence-electron chi connectivity index (χ3n) is 3.81. The minimum atomic E-state index is -0.916. The molecule has 0 radical (unpaired) electrons. The predicted octanol–water partition coefficient (Wildman–Crippen LogP) is 2.08. The van der Waals surface area contributed by atoms with Crippen LogP contribution >= 0.6 is 15.9 Å². The summed E-state index contributed by atoms with van der Waals surface area (Å²) in [6, 6.07) is 6.69. The number of nitrogens with one attached hydrogen (secondary N) is 1. The second kappa shape index (κ2) is 8.46. The van der Waals surface area contributed by atoms with Crippen LogP contribution in [0.15, 0.2) is 21.4 Å². The fraction of sp³-hybridized carbons (Fsp3) is 0.222. The van der Waals surface area contributed by atoms with Gasteiger partial charge in [-0.1, -0.05) is 0 Å². The number of esters is 1. The fourth-order valence-corrected chi connectivity index (χ4v) is 3.04. The summed E-state index contributed by atoms with van der Waals surface area (Å²) in [4.78, 5) is 26.0. The summed E-state index contributed by atoms with van der Waals surface area (Å²) in [5.74, 6) is -0.333. The Morgan fingerprint density at radius 2 is 1.89 bits per heavy atom. The number of nitriles is 2. The SMILES string of the molecule is COC(=O)C(C)Oc1c(Br)cc(-c2c(C#N)c(N)[nH]c(=O)c2C#N)cc1OC. The molecular weight excluding hydrogens is 432 g/mol. The van der Waals surface area contributed by atoms with Crippen LogP contribution in [-0.2, 0) is 9.53 Å². The number of nitrogens with two attached hydrogens (primary N) is 1. The molecule has 0 saturated carbocycles. The van der Waals surface area contributed by atoms with Gasteiger partial charge in [0.2, 0.25) is 0 Å². The highest BCUT2D eigenvalue weighted by Gasteiger charge is 2.23. The van der Waals surface area contributed by atoms with Crippen molar-refractivity contribution in [2.45, 2.75) is 13.0 Å². The number of nitrogens with zero attached hydrogens (tertiary/aromatic N) is 2. The summed E-state index contributed by atoms with van der Waals surface area (Å²) in [6.07, 6.45) is -0.916. The van der Waals surface area contributed by atoms with Gasteiger partial charge in [-0.3, -0.25) is 4.79 Å². The van der Waals surface area contributed by atoms with E-state index in [4.69, 9.17) is 15.2 Å².